The van der Waals surface area contributed by atoms with Gasteiger partial charge in [-0.15, -0.1) is 0 Å². The number of benzene rings is 1. The van der Waals surface area contributed by atoms with Crippen molar-refractivity contribution >= 4 is 37.5 Å². The lowest BCUT2D eigenvalue weighted by Gasteiger charge is -2.29. The van der Waals surface area contributed by atoms with Crippen LogP contribution in [0.3, 0.4) is 0 Å². The highest BCUT2D eigenvalue weighted by Gasteiger charge is 2.28. The second-order valence-corrected chi connectivity index (χ2v) is 9.75. The average Bonchev–Trinajstić information content (AvgIpc) is 3.03. The van der Waals surface area contributed by atoms with Gasteiger partial charge in [0, 0.05) is 36.0 Å². The number of sulfonamides is 1. The maximum absolute atomic E-state index is 12.8. The lowest BCUT2D eigenvalue weighted by atomic mass is 10.0. The summed E-state index contributed by atoms with van der Waals surface area (Å²) in [7, 11) is -3.48. The van der Waals surface area contributed by atoms with Crippen molar-refractivity contribution in [3.05, 3.63) is 46.7 Å². The van der Waals surface area contributed by atoms with Crippen LogP contribution in [0.25, 0.3) is 0 Å². The van der Waals surface area contributed by atoms with Crippen LogP contribution < -0.4 is 5.32 Å². The number of piperidine rings is 1. The summed E-state index contributed by atoms with van der Waals surface area (Å²) >= 11 is 3.38. The number of hydrogen-bond acceptors (Lipinski definition) is 3. The van der Waals surface area contributed by atoms with Crippen molar-refractivity contribution < 1.29 is 13.2 Å². The molecule has 0 radical (unpaired) electrons. The van der Waals surface area contributed by atoms with E-state index in [4.69, 9.17) is 0 Å². The van der Waals surface area contributed by atoms with Gasteiger partial charge in [0.2, 0.25) is 10.0 Å². The van der Waals surface area contributed by atoms with Crippen LogP contribution in [0.2, 0.25) is 0 Å². The van der Waals surface area contributed by atoms with E-state index in [1.807, 2.05) is 17.7 Å². The minimum atomic E-state index is -3.48. The van der Waals surface area contributed by atoms with Crippen molar-refractivity contribution in [2.75, 3.05) is 18.4 Å². The molecule has 6 nitrogen and oxygen atoms in total. The molecule has 1 N–H and O–H groups in total. The van der Waals surface area contributed by atoms with Gasteiger partial charge in [0.05, 0.1) is 4.90 Å². The highest BCUT2D eigenvalue weighted by atomic mass is 79.9. The SMILES string of the molecule is CCn1cc(Br)cc1C(=O)Nc1ccc(S(=O)(=O)N2CCC(C)CC2)cc1. The van der Waals surface area contributed by atoms with E-state index in [-0.39, 0.29) is 10.8 Å². The Bertz CT molecular complexity index is 914. The van der Waals surface area contributed by atoms with Gasteiger partial charge >= 0.3 is 0 Å². The molecule has 1 aliphatic heterocycles. The topological polar surface area (TPSA) is 71.4 Å². The Labute approximate surface area is 168 Å². The first-order chi connectivity index (χ1) is 12.8. The van der Waals surface area contributed by atoms with Crippen molar-refractivity contribution in [3.8, 4) is 0 Å². The lowest BCUT2D eigenvalue weighted by molar-refractivity contribution is 0.101. The number of amides is 1. The maximum Gasteiger partial charge on any atom is 0.272 e. The molecule has 0 atom stereocenters. The molecule has 2 aromatic rings. The van der Waals surface area contributed by atoms with Gasteiger partial charge in [0.15, 0.2) is 0 Å². The van der Waals surface area contributed by atoms with Crippen molar-refractivity contribution in [1.29, 1.82) is 0 Å². The fraction of sp³-hybridized carbons (Fsp3) is 0.421. The number of nitrogens with one attached hydrogen (secondary N) is 1. The Hall–Kier alpha value is -1.64. The number of carbonyl (C=O) groups is 1. The van der Waals surface area contributed by atoms with Gasteiger partial charge in [-0.25, -0.2) is 8.42 Å². The van der Waals surface area contributed by atoms with E-state index in [2.05, 4.69) is 28.2 Å². The molecule has 1 aromatic heterocycles. The molecule has 1 aromatic carbocycles. The van der Waals surface area contributed by atoms with E-state index in [1.54, 1.807) is 34.6 Å². The molecule has 1 saturated heterocycles. The van der Waals surface area contributed by atoms with Crippen LogP contribution in [0.1, 0.15) is 37.2 Å². The maximum atomic E-state index is 12.8. The predicted octanol–water partition coefficient (Wildman–Crippen LogP) is 3.94. The Balaban J connectivity index is 1.72. The zero-order valence-electron chi connectivity index (χ0n) is 15.5. The van der Waals surface area contributed by atoms with E-state index in [9.17, 15) is 13.2 Å². The molecular weight excluding hydrogens is 430 g/mol. The summed E-state index contributed by atoms with van der Waals surface area (Å²) in [6, 6.07) is 8.13. The summed E-state index contributed by atoms with van der Waals surface area (Å²) in [4.78, 5) is 12.7. The molecule has 0 unspecified atom stereocenters. The van der Waals surface area contributed by atoms with Crippen molar-refractivity contribution in [1.82, 2.24) is 8.87 Å². The second kappa shape index (κ2) is 8.16. The predicted molar refractivity (Wildman–Crippen MR) is 109 cm³/mol. The third-order valence-corrected chi connectivity index (χ3v) is 7.28. The fourth-order valence-corrected chi connectivity index (χ4v) is 5.14. The molecule has 2 heterocycles. The number of nitrogens with zero attached hydrogens (tertiary/aromatic N) is 2. The first-order valence-electron chi connectivity index (χ1n) is 9.08. The van der Waals surface area contributed by atoms with Crippen molar-refractivity contribution in [2.45, 2.75) is 38.1 Å². The standard InChI is InChI=1S/C19H24BrN3O3S/c1-3-22-13-15(20)12-18(22)19(24)21-16-4-6-17(7-5-16)27(25,26)23-10-8-14(2)9-11-23/h4-7,12-14H,3,8-11H2,1-2H3,(H,21,24). The van der Waals surface area contributed by atoms with E-state index in [0.29, 0.717) is 36.9 Å². The van der Waals surface area contributed by atoms with Crippen LogP contribution in [-0.4, -0.2) is 36.3 Å². The van der Waals surface area contributed by atoms with Gasteiger partial charge in [0.1, 0.15) is 5.69 Å². The Morgan fingerprint density at radius 3 is 2.44 bits per heavy atom. The normalized spacial score (nSPS) is 16.4. The summed E-state index contributed by atoms with van der Waals surface area (Å²) in [5, 5.41) is 2.82. The van der Waals surface area contributed by atoms with Crippen LogP contribution in [0.15, 0.2) is 45.9 Å². The van der Waals surface area contributed by atoms with Crippen LogP contribution >= 0.6 is 15.9 Å². The Morgan fingerprint density at radius 1 is 1.22 bits per heavy atom. The highest BCUT2D eigenvalue weighted by Crippen LogP contribution is 2.24. The first-order valence-corrected chi connectivity index (χ1v) is 11.3. The molecule has 0 aliphatic carbocycles. The van der Waals surface area contributed by atoms with Gasteiger partial charge in [0.25, 0.3) is 5.91 Å². The zero-order valence-corrected chi connectivity index (χ0v) is 17.9. The van der Waals surface area contributed by atoms with Crippen molar-refractivity contribution in [2.24, 2.45) is 5.92 Å². The summed E-state index contributed by atoms with van der Waals surface area (Å²) in [6.45, 7) is 5.91. The van der Waals surface area contributed by atoms with Crippen molar-refractivity contribution in [3.63, 3.8) is 0 Å². The molecule has 146 valence electrons. The summed E-state index contributed by atoms with van der Waals surface area (Å²) < 4.78 is 29.8. The summed E-state index contributed by atoms with van der Waals surface area (Å²) in [6.07, 6.45) is 3.63. The minimum Gasteiger partial charge on any atom is -0.343 e. The molecule has 0 bridgehead atoms. The number of halogens is 1. The highest BCUT2D eigenvalue weighted by molar-refractivity contribution is 9.10. The summed E-state index contributed by atoms with van der Waals surface area (Å²) in [5.74, 6) is 0.333. The number of rotatable bonds is 5. The van der Waals surface area contributed by atoms with Gasteiger partial charge in [-0.1, -0.05) is 6.92 Å². The van der Waals surface area contributed by atoms with Crippen LogP contribution in [0.4, 0.5) is 5.69 Å². The lowest BCUT2D eigenvalue weighted by Crippen LogP contribution is -2.37. The third-order valence-electron chi connectivity index (χ3n) is 4.93. The largest absolute Gasteiger partial charge is 0.343 e. The van der Waals surface area contributed by atoms with E-state index in [1.165, 1.54) is 0 Å². The number of hydrogen-bond donors (Lipinski definition) is 1. The average molecular weight is 454 g/mol. The number of carbonyl (C=O) groups excluding carboxylic acids is 1. The molecule has 3 rings (SSSR count). The molecule has 27 heavy (non-hydrogen) atoms. The molecule has 1 amide bonds. The molecule has 1 fully saturated rings. The first kappa shape index (κ1) is 20.1. The molecule has 8 heteroatoms. The smallest absolute Gasteiger partial charge is 0.272 e. The molecule has 1 aliphatic rings. The number of anilines is 1. The number of aromatic nitrogens is 1. The quantitative estimate of drug-likeness (QED) is 0.744. The third kappa shape index (κ3) is 4.44. The van der Waals surface area contributed by atoms with Gasteiger partial charge in [-0.2, -0.15) is 4.31 Å². The van der Waals surface area contributed by atoms with Crippen LogP contribution in [0.5, 0.6) is 0 Å². The monoisotopic (exact) mass is 453 g/mol. The van der Waals surface area contributed by atoms with Gasteiger partial charge in [-0.05, 0) is 71.9 Å². The summed E-state index contributed by atoms with van der Waals surface area (Å²) in [5.41, 5.74) is 1.11. The Morgan fingerprint density at radius 2 is 1.85 bits per heavy atom. The molecule has 0 saturated carbocycles. The molecule has 0 spiro atoms. The fourth-order valence-electron chi connectivity index (χ4n) is 3.21. The second-order valence-electron chi connectivity index (χ2n) is 6.89. The van der Waals surface area contributed by atoms with E-state index < -0.39 is 10.0 Å². The minimum absolute atomic E-state index is 0.233. The Kier molecular flexibility index (Phi) is 6.08. The van der Waals surface area contributed by atoms with E-state index >= 15 is 0 Å². The van der Waals surface area contributed by atoms with Crippen LogP contribution in [-0.2, 0) is 16.6 Å². The van der Waals surface area contributed by atoms with Gasteiger partial charge < -0.3 is 9.88 Å². The molecular formula is C19H24BrN3O3S. The van der Waals surface area contributed by atoms with E-state index in [0.717, 1.165) is 17.3 Å². The van der Waals surface area contributed by atoms with Gasteiger partial charge in [-0.3, -0.25) is 4.79 Å². The zero-order chi connectivity index (χ0) is 19.6. The van der Waals surface area contributed by atoms with Crippen LogP contribution in [0, 0.1) is 5.92 Å². The number of aryl methyl sites for hydroxylation is 1.